The van der Waals surface area contributed by atoms with Crippen LogP contribution >= 0.6 is 0 Å². The number of nitrogens with one attached hydrogen (secondary N) is 1. The summed E-state index contributed by atoms with van der Waals surface area (Å²) in [6, 6.07) is 0. The zero-order valence-corrected chi connectivity index (χ0v) is 11.8. The van der Waals surface area contributed by atoms with E-state index in [1.807, 2.05) is 6.92 Å². The first kappa shape index (κ1) is 15.4. The maximum atomic E-state index is 11.9. The van der Waals surface area contributed by atoms with Crippen molar-refractivity contribution in [2.75, 3.05) is 6.54 Å². The summed E-state index contributed by atoms with van der Waals surface area (Å²) in [5.74, 6) is 0.619. The molecule has 0 radical (unpaired) electrons. The van der Waals surface area contributed by atoms with Crippen LogP contribution in [0.15, 0.2) is 16.4 Å². The zero-order valence-electron chi connectivity index (χ0n) is 11.0. The van der Waals surface area contributed by atoms with Crippen molar-refractivity contribution in [2.24, 2.45) is 10.9 Å². The summed E-state index contributed by atoms with van der Waals surface area (Å²) in [4.78, 5) is 4.02. The van der Waals surface area contributed by atoms with E-state index in [1.165, 1.54) is 6.20 Å². The van der Waals surface area contributed by atoms with Crippen molar-refractivity contribution >= 4 is 15.9 Å². The van der Waals surface area contributed by atoms with Crippen molar-refractivity contribution in [2.45, 2.75) is 38.3 Å². The average Bonchev–Trinajstić information content (AvgIpc) is 2.72. The molecule has 1 aromatic rings. The van der Waals surface area contributed by atoms with Crippen LogP contribution in [0, 0.1) is 6.92 Å². The maximum absolute atomic E-state index is 11.9. The van der Waals surface area contributed by atoms with E-state index in [9.17, 15) is 8.42 Å². The first-order chi connectivity index (χ1) is 8.90. The summed E-state index contributed by atoms with van der Waals surface area (Å²) in [6.45, 7) is 4.53. The highest BCUT2D eigenvalue weighted by Gasteiger charge is 2.18. The highest BCUT2D eigenvalue weighted by Crippen LogP contribution is 2.09. The molecule has 0 bridgehead atoms. The monoisotopic (exact) mass is 289 g/mol. The molecule has 1 heterocycles. The summed E-state index contributed by atoms with van der Waals surface area (Å²) < 4.78 is 28.0. The van der Waals surface area contributed by atoms with Crippen LogP contribution in [0.25, 0.3) is 0 Å². The molecule has 0 atom stereocenters. The molecule has 0 aromatic carbocycles. The van der Waals surface area contributed by atoms with E-state index in [2.05, 4.69) is 14.9 Å². The van der Waals surface area contributed by atoms with Crippen molar-refractivity contribution in [1.82, 2.24) is 14.3 Å². The molecule has 0 aliphatic heterocycles. The molecule has 0 aliphatic carbocycles. The van der Waals surface area contributed by atoms with E-state index in [0.29, 0.717) is 5.82 Å². The van der Waals surface area contributed by atoms with Crippen molar-refractivity contribution in [1.29, 1.82) is 0 Å². The third kappa shape index (κ3) is 4.21. The topological polar surface area (TPSA) is 123 Å². The van der Waals surface area contributed by atoms with Crippen LogP contribution in [0.4, 0.5) is 0 Å². The van der Waals surface area contributed by atoms with Crippen molar-refractivity contribution in [3.8, 4) is 0 Å². The fourth-order valence-corrected chi connectivity index (χ4v) is 2.55. The van der Waals surface area contributed by atoms with E-state index in [0.717, 1.165) is 13.0 Å². The van der Waals surface area contributed by atoms with Gasteiger partial charge in [0.1, 0.15) is 11.7 Å². The van der Waals surface area contributed by atoms with E-state index in [4.69, 9.17) is 10.9 Å². The summed E-state index contributed by atoms with van der Waals surface area (Å²) in [7, 11) is -3.66. The highest BCUT2D eigenvalue weighted by molar-refractivity contribution is 7.89. The molecule has 0 fully saturated rings. The molecule has 0 saturated heterocycles. The van der Waals surface area contributed by atoms with Crippen LogP contribution in [0.3, 0.4) is 0 Å². The minimum atomic E-state index is -3.66. The molecule has 108 valence electrons. The van der Waals surface area contributed by atoms with Gasteiger partial charge in [0.15, 0.2) is 5.03 Å². The lowest BCUT2D eigenvalue weighted by molar-refractivity contribution is 0.317. The third-order valence-corrected chi connectivity index (χ3v) is 3.83. The quantitative estimate of drug-likeness (QED) is 0.282. The van der Waals surface area contributed by atoms with Gasteiger partial charge in [-0.1, -0.05) is 12.1 Å². The second-order valence-electron chi connectivity index (χ2n) is 4.06. The lowest BCUT2D eigenvalue weighted by atomic mass is 10.4. The van der Waals surface area contributed by atoms with E-state index >= 15 is 0 Å². The average molecular weight is 289 g/mol. The Morgan fingerprint density at radius 3 is 2.89 bits per heavy atom. The number of nitrogens with zero attached hydrogens (tertiary/aromatic N) is 3. The number of aryl methyl sites for hydroxylation is 2. The standard InChI is InChI=1S/C10H19N5O3S/c1-3-6-15-7-10(13-8(15)2)19(17,18)12-5-4-9(11)14-16/h7,12,16H,3-6H2,1-2H3,(H2,11,14). The molecule has 1 rings (SSSR count). The normalized spacial score (nSPS) is 12.8. The van der Waals surface area contributed by atoms with Gasteiger partial charge in [-0.25, -0.2) is 18.1 Å². The largest absolute Gasteiger partial charge is 0.409 e. The number of oxime groups is 1. The Morgan fingerprint density at radius 1 is 1.63 bits per heavy atom. The minimum absolute atomic E-state index is 0.0158. The van der Waals surface area contributed by atoms with Gasteiger partial charge in [-0.3, -0.25) is 0 Å². The molecule has 4 N–H and O–H groups in total. The number of rotatable bonds is 7. The number of hydrogen-bond donors (Lipinski definition) is 3. The van der Waals surface area contributed by atoms with Gasteiger partial charge in [0.05, 0.1) is 0 Å². The Morgan fingerprint density at radius 2 is 2.32 bits per heavy atom. The molecule has 0 unspecified atom stereocenters. The molecule has 0 amide bonds. The number of amidine groups is 1. The fourth-order valence-electron chi connectivity index (χ4n) is 1.51. The third-order valence-electron chi connectivity index (χ3n) is 2.50. The second kappa shape index (κ2) is 6.53. The SMILES string of the molecule is CCCn1cc(S(=O)(=O)NCCC(N)=NO)nc1C. The fraction of sp³-hybridized carbons (Fsp3) is 0.600. The summed E-state index contributed by atoms with van der Waals surface area (Å²) in [5, 5.41) is 11.1. The molecule has 8 nitrogen and oxygen atoms in total. The maximum Gasteiger partial charge on any atom is 0.259 e. The molecule has 0 spiro atoms. The van der Waals surface area contributed by atoms with E-state index in [-0.39, 0.29) is 23.8 Å². The molecule has 0 saturated carbocycles. The Balaban J connectivity index is 2.74. The second-order valence-corrected chi connectivity index (χ2v) is 5.77. The summed E-state index contributed by atoms with van der Waals surface area (Å²) >= 11 is 0. The van der Waals surface area contributed by atoms with E-state index in [1.54, 1.807) is 11.5 Å². The Kier molecular flexibility index (Phi) is 5.31. The van der Waals surface area contributed by atoms with Gasteiger partial charge in [0, 0.05) is 25.7 Å². The Labute approximate surface area is 112 Å². The van der Waals surface area contributed by atoms with Gasteiger partial charge in [0.2, 0.25) is 0 Å². The van der Waals surface area contributed by atoms with Crippen LogP contribution in [-0.4, -0.2) is 35.6 Å². The van der Waals surface area contributed by atoms with Crippen LogP contribution in [-0.2, 0) is 16.6 Å². The predicted molar refractivity (Wildman–Crippen MR) is 70.5 cm³/mol. The molecule has 1 aromatic heterocycles. The molecular formula is C10H19N5O3S. The number of imidazole rings is 1. The highest BCUT2D eigenvalue weighted by atomic mass is 32.2. The molecule has 19 heavy (non-hydrogen) atoms. The van der Waals surface area contributed by atoms with E-state index < -0.39 is 10.0 Å². The van der Waals surface area contributed by atoms with Crippen LogP contribution in [0.1, 0.15) is 25.6 Å². The smallest absolute Gasteiger partial charge is 0.259 e. The van der Waals surface area contributed by atoms with Crippen LogP contribution < -0.4 is 10.5 Å². The number of aromatic nitrogens is 2. The minimum Gasteiger partial charge on any atom is -0.409 e. The lowest BCUT2D eigenvalue weighted by Gasteiger charge is -2.03. The molecular weight excluding hydrogens is 270 g/mol. The van der Waals surface area contributed by atoms with Crippen molar-refractivity contribution in [3.05, 3.63) is 12.0 Å². The molecule has 9 heteroatoms. The zero-order chi connectivity index (χ0) is 14.5. The van der Waals surface area contributed by atoms with Gasteiger partial charge in [-0.2, -0.15) is 0 Å². The van der Waals surface area contributed by atoms with Gasteiger partial charge in [-0.05, 0) is 13.3 Å². The van der Waals surface area contributed by atoms with Crippen LogP contribution in [0.2, 0.25) is 0 Å². The summed E-state index contributed by atoms with van der Waals surface area (Å²) in [5.41, 5.74) is 5.25. The Hall–Kier alpha value is -1.61. The number of sulfonamides is 1. The molecule has 0 aliphatic rings. The van der Waals surface area contributed by atoms with Crippen molar-refractivity contribution in [3.63, 3.8) is 0 Å². The first-order valence-corrected chi connectivity index (χ1v) is 7.39. The number of hydrogen-bond acceptors (Lipinski definition) is 5. The van der Waals surface area contributed by atoms with Crippen LogP contribution in [0.5, 0.6) is 0 Å². The lowest BCUT2D eigenvalue weighted by Crippen LogP contribution is -2.28. The van der Waals surface area contributed by atoms with Gasteiger partial charge in [-0.15, -0.1) is 0 Å². The summed E-state index contributed by atoms with van der Waals surface area (Å²) in [6.07, 6.45) is 2.53. The van der Waals surface area contributed by atoms with Gasteiger partial charge in [0.25, 0.3) is 10.0 Å². The predicted octanol–water partition coefficient (Wildman–Crippen LogP) is 0.0163. The number of nitrogens with two attached hydrogens (primary N) is 1. The first-order valence-electron chi connectivity index (χ1n) is 5.90. The van der Waals surface area contributed by atoms with Crippen molar-refractivity contribution < 1.29 is 13.6 Å². The van der Waals surface area contributed by atoms with Gasteiger partial charge >= 0.3 is 0 Å². The Bertz CT molecular complexity index is 550. The van der Waals surface area contributed by atoms with Gasteiger partial charge < -0.3 is 15.5 Å².